The fourth-order valence-corrected chi connectivity index (χ4v) is 5.01. The number of nitrogen functional groups attached to an aromatic ring is 1. The molecule has 38 heavy (non-hydrogen) atoms. The molecule has 2 aromatic carbocycles. The summed E-state index contributed by atoms with van der Waals surface area (Å²) in [6.45, 7) is 0.346. The van der Waals surface area contributed by atoms with Gasteiger partial charge in [0.2, 0.25) is 5.91 Å². The maximum Gasteiger partial charge on any atom is 0.306 e. The number of carbonyl (C=O) groups is 2. The van der Waals surface area contributed by atoms with Gasteiger partial charge in [-0.05, 0) is 69.5 Å². The number of nitrogens with one attached hydrogen (secondary N) is 2. The van der Waals surface area contributed by atoms with E-state index in [0.717, 1.165) is 36.8 Å². The van der Waals surface area contributed by atoms with Crippen LogP contribution < -0.4 is 15.8 Å². The van der Waals surface area contributed by atoms with E-state index in [2.05, 4.69) is 24.3 Å². The molecule has 0 unspecified atom stereocenters. The minimum Gasteiger partial charge on any atom is -0.491 e. The van der Waals surface area contributed by atoms with Crippen molar-refractivity contribution in [2.45, 2.75) is 56.7 Å². The summed E-state index contributed by atoms with van der Waals surface area (Å²) in [4.78, 5) is 27.1. The van der Waals surface area contributed by atoms with Crippen molar-refractivity contribution in [3.8, 4) is 16.9 Å². The van der Waals surface area contributed by atoms with Gasteiger partial charge < -0.3 is 25.4 Å². The Labute approximate surface area is 237 Å². The third-order valence-corrected chi connectivity index (χ3v) is 7.21. The molecule has 1 saturated heterocycles. The smallest absolute Gasteiger partial charge is 0.306 e. The van der Waals surface area contributed by atoms with Crippen LogP contribution in [0.2, 0.25) is 0 Å². The van der Waals surface area contributed by atoms with Gasteiger partial charge in [0.05, 0.1) is 18.4 Å². The number of esters is 1. The first-order valence-electron chi connectivity index (χ1n) is 12.6. The SMILES string of the molecule is CN(C)C1CCC(OC(=O)C[C@@H]2C[C@@H](COc3ccc(-c4ccc(C(=N)N)cc4)cc3)NC2=O)CC1.Cl.Cl. The lowest BCUT2D eigenvalue weighted by Gasteiger charge is -2.32. The molecule has 4 rings (SSSR count). The van der Waals surface area contributed by atoms with Crippen molar-refractivity contribution in [2.24, 2.45) is 11.7 Å². The van der Waals surface area contributed by atoms with E-state index in [-0.39, 0.29) is 67.0 Å². The molecule has 0 aromatic heterocycles. The predicted octanol–water partition coefficient (Wildman–Crippen LogP) is 4.17. The van der Waals surface area contributed by atoms with Gasteiger partial charge in [0, 0.05) is 11.6 Å². The molecule has 10 heteroatoms. The van der Waals surface area contributed by atoms with Crippen molar-refractivity contribution in [1.82, 2.24) is 10.2 Å². The monoisotopic (exact) mass is 564 g/mol. The van der Waals surface area contributed by atoms with Gasteiger partial charge in [0.15, 0.2) is 0 Å². The van der Waals surface area contributed by atoms with Crippen LogP contribution in [0.4, 0.5) is 0 Å². The van der Waals surface area contributed by atoms with Crippen LogP contribution in [-0.2, 0) is 14.3 Å². The Bertz CT molecular complexity index is 1070. The molecular weight excluding hydrogens is 527 g/mol. The lowest BCUT2D eigenvalue weighted by Crippen LogP contribution is -2.35. The van der Waals surface area contributed by atoms with E-state index in [4.69, 9.17) is 20.6 Å². The van der Waals surface area contributed by atoms with E-state index >= 15 is 0 Å². The van der Waals surface area contributed by atoms with Crippen LogP contribution in [0.5, 0.6) is 5.75 Å². The number of nitrogens with zero attached hydrogens (tertiary/aromatic N) is 1. The lowest BCUT2D eigenvalue weighted by atomic mass is 9.92. The zero-order valence-electron chi connectivity index (χ0n) is 21.9. The summed E-state index contributed by atoms with van der Waals surface area (Å²) in [6.07, 6.45) is 4.46. The van der Waals surface area contributed by atoms with Crippen LogP contribution in [-0.4, -0.2) is 61.5 Å². The molecule has 2 fully saturated rings. The van der Waals surface area contributed by atoms with Crippen LogP contribution in [0.3, 0.4) is 0 Å². The van der Waals surface area contributed by atoms with Gasteiger partial charge in [-0.2, -0.15) is 0 Å². The standard InChI is InChI=1S/C28H36N4O4.2ClH/c1-32(2)23-9-13-25(14-10-23)36-26(33)16-21-15-22(31-28(21)34)17-35-24-11-7-19(8-12-24)18-3-5-20(6-4-18)27(29)30;;/h3-8,11-12,21-23,25H,9-10,13-17H2,1-2H3,(H3,29,30)(H,31,34);2*1H/t21-,22-,23?,25?;;/m0../s1. The first-order chi connectivity index (χ1) is 17.3. The lowest BCUT2D eigenvalue weighted by molar-refractivity contribution is -0.153. The fraction of sp³-hybridized carbons (Fsp3) is 0.464. The number of nitrogens with two attached hydrogens (primary N) is 1. The number of rotatable bonds is 9. The summed E-state index contributed by atoms with van der Waals surface area (Å²) >= 11 is 0. The molecule has 0 bridgehead atoms. The maximum atomic E-state index is 12.5. The number of ether oxygens (including phenoxy) is 2. The molecule has 1 aliphatic carbocycles. The highest BCUT2D eigenvalue weighted by Gasteiger charge is 2.35. The van der Waals surface area contributed by atoms with Gasteiger partial charge >= 0.3 is 5.97 Å². The number of amidine groups is 1. The normalized spacial score (nSPS) is 22.6. The van der Waals surface area contributed by atoms with Gasteiger partial charge in [-0.3, -0.25) is 15.0 Å². The Hall–Kier alpha value is -2.81. The molecular formula is C28H38Cl2N4O4. The van der Waals surface area contributed by atoms with Crippen molar-refractivity contribution in [3.63, 3.8) is 0 Å². The molecule has 2 atom stereocenters. The summed E-state index contributed by atoms with van der Waals surface area (Å²) in [7, 11) is 4.17. The Balaban J connectivity index is 0.00000253. The Kier molecular flexibility index (Phi) is 11.9. The predicted molar refractivity (Wildman–Crippen MR) is 153 cm³/mol. The van der Waals surface area contributed by atoms with E-state index in [1.165, 1.54) is 0 Å². The van der Waals surface area contributed by atoms with Crippen molar-refractivity contribution >= 4 is 42.5 Å². The van der Waals surface area contributed by atoms with E-state index in [0.29, 0.717) is 30.4 Å². The molecule has 8 nitrogen and oxygen atoms in total. The van der Waals surface area contributed by atoms with E-state index in [1.807, 2.05) is 48.5 Å². The molecule has 0 radical (unpaired) electrons. The highest BCUT2D eigenvalue weighted by atomic mass is 35.5. The third-order valence-electron chi connectivity index (χ3n) is 7.21. The molecule has 0 spiro atoms. The van der Waals surface area contributed by atoms with Crippen molar-refractivity contribution < 1.29 is 19.1 Å². The van der Waals surface area contributed by atoms with Crippen LogP contribution >= 0.6 is 24.8 Å². The number of carbonyl (C=O) groups excluding carboxylic acids is 2. The second-order valence-electron chi connectivity index (χ2n) is 10.1. The minimum atomic E-state index is -0.371. The fourth-order valence-electron chi connectivity index (χ4n) is 5.01. The van der Waals surface area contributed by atoms with Crippen LogP contribution in [0.1, 0.15) is 44.1 Å². The van der Waals surface area contributed by atoms with Gasteiger partial charge in [0.25, 0.3) is 0 Å². The van der Waals surface area contributed by atoms with Crippen LogP contribution in [0, 0.1) is 11.3 Å². The molecule has 1 heterocycles. The van der Waals surface area contributed by atoms with Crippen molar-refractivity contribution in [1.29, 1.82) is 5.41 Å². The Morgan fingerprint density at radius 2 is 1.58 bits per heavy atom. The van der Waals surface area contributed by atoms with Crippen molar-refractivity contribution in [2.75, 3.05) is 20.7 Å². The molecule has 2 aromatic rings. The van der Waals surface area contributed by atoms with Crippen LogP contribution in [0.25, 0.3) is 11.1 Å². The van der Waals surface area contributed by atoms with Gasteiger partial charge in [-0.15, -0.1) is 24.8 Å². The number of hydrogen-bond acceptors (Lipinski definition) is 6. The molecule has 1 aliphatic heterocycles. The van der Waals surface area contributed by atoms with E-state index in [9.17, 15) is 9.59 Å². The average Bonchev–Trinajstić information content (AvgIpc) is 3.22. The quantitative estimate of drug-likeness (QED) is 0.239. The van der Waals surface area contributed by atoms with Gasteiger partial charge in [-0.1, -0.05) is 36.4 Å². The largest absolute Gasteiger partial charge is 0.491 e. The van der Waals surface area contributed by atoms with E-state index < -0.39 is 0 Å². The average molecular weight is 566 g/mol. The first kappa shape index (κ1) is 31.4. The zero-order valence-corrected chi connectivity index (χ0v) is 23.5. The second kappa shape index (κ2) is 14.4. The third kappa shape index (κ3) is 8.35. The second-order valence-corrected chi connectivity index (χ2v) is 10.1. The summed E-state index contributed by atoms with van der Waals surface area (Å²) < 4.78 is 11.6. The molecule has 208 valence electrons. The summed E-state index contributed by atoms with van der Waals surface area (Å²) in [5.41, 5.74) is 8.26. The number of halogens is 2. The van der Waals surface area contributed by atoms with Crippen LogP contribution in [0.15, 0.2) is 48.5 Å². The molecule has 4 N–H and O–H groups in total. The van der Waals surface area contributed by atoms with Gasteiger partial charge in [0.1, 0.15) is 24.3 Å². The van der Waals surface area contributed by atoms with Crippen molar-refractivity contribution in [3.05, 3.63) is 54.1 Å². The number of amides is 1. The Morgan fingerprint density at radius 1 is 1.00 bits per heavy atom. The Morgan fingerprint density at radius 3 is 2.13 bits per heavy atom. The molecule has 2 aliphatic rings. The minimum absolute atomic E-state index is 0. The summed E-state index contributed by atoms with van der Waals surface area (Å²) in [6, 6.07) is 15.7. The molecule has 1 saturated carbocycles. The first-order valence-corrected chi connectivity index (χ1v) is 12.6. The topological polar surface area (TPSA) is 118 Å². The van der Waals surface area contributed by atoms with Gasteiger partial charge in [-0.25, -0.2) is 0 Å². The highest BCUT2D eigenvalue weighted by Crippen LogP contribution is 2.27. The van der Waals surface area contributed by atoms with E-state index in [1.54, 1.807) is 0 Å². The zero-order chi connectivity index (χ0) is 25.7. The number of benzene rings is 2. The highest BCUT2D eigenvalue weighted by molar-refractivity contribution is 5.95. The summed E-state index contributed by atoms with van der Waals surface area (Å²) in [5.74, 6) is -0.00164. The molecule has 1 amide bonds. The summed E-state index contributed by atoms with van der Waals surface area (Å²) in [5, 5.41) is 10.4. The number of hydrogen-bond donors (Lipinski definition) is 3. The maximum absolute atomic E-state index is 12.5.